The van der Waals surface area contributed by atoms with Crippen molar-refractivity contribution in [3.8, 4) is 0 Å². The second-order valence-electron chi connectivity index (χ2n) is 8.23. The highest BCUT2D eigenvalue weighted by molar-refractivity contribution is 5.80. The van der Waals surface area contributed by atoms with Crippen LogP contribution in [0.25, 0.3) is 0 Å². The topological polar surface area (TPSA) is 68.7 Å². The SMILES string of the molecule is CN=C(NCc1ccnc(N2CCCCCC2)c1)NC1CCN(c2ncccc2F)C1. The zero-order valence-corrected chi connectivity index (χ0v) is 18.2. The normalized spacial score (nSPS) is 19.9. The summed E-state index contributed by atoms with van der Waals surface area (Å²) in [6.07, 6.45) is 9.53. The van der Waals surface area contributed by atoms with E-state index in [9.17, 15) is 4.39 Å². The average Bonchev–Trinajstić information content (AvgIpc) is 3.08. The van der Waals surface area contributed by atoms with Gasteiger partial charge in [-0.2, -0.15) is 0 Å². The second-order valence-corrected chi connectivity index (χ2v) is 8.23. The lowest BCUT2D eigenvalue weighted by molar-refractivity contribution is 0.612. The Bertz CT molecular complexity index is 880. The molecule has 2 N–H and O–H groups in total. The molecule has 1 atom stereocenters. The van der Waals surface area contributed by atoms with Gasteiger partial charge in [0, 0.05) is 58.2 Å². The van der Waals surface area contributed by atoms with E-state index in [0.717, 1.165) is 37.8 Å². The van der Waals surface area contributed by atoms with Gasteiger partial charge < -0.3 is 20.4 Å². The van der Waals surface area contributed by atoms with Gasteiger partial charge in [0.05, 0.1) is 0 Å². The van der Waals surface area contributed by atoms with Gasteiger partial charge in [-0.25, -0.2) is 14.4 Å². The minimum Gasteiger partial charge on any atom is -0.357 e. The van der Waals surface area contributed by atoms with Crippen molar-refractivity contribution in [2.45, 2.75) is 44.7 Å². The Labute approximate surface area is 183 Å². The van der Waals surface area contributed by atoms with Crippen LogP contribution in [-0.2, 0) is 6.54 Å². The van der Waals surface area contributed by atoms with Crippen molar-refractivity contribution in [1.29, 1.82) is 0 Å². The Morgan fingerprint density at radius 3 is 2.71 bits per heavy atom. The number of aliphatic imine (C=N–C) groups is 1. The first-order valence-corrected chi connectivity index (χ1v) is 11.3. The molecule has 0 radical (unpaired) electrons. The first kappa shape index (κ1) is 21.3. The highest BCUT2D eigenvalue weighted by atomic mass is 19.1. The summed E-state index contributed by atoms with van der Waals surface area (Å²) in [4.78, 5) is 17.5. The highest BCUT2D eigenvalue weighted by Gasteiger charge is 2.26. The summed E-state index contributed by atoms with van der Waals surface area (Å²) in [7, 11) is 1.77. The van der Waals surface area contributed by atoms with Crippen molar-refractivity contribution < 1.29 is 4.39 Å². The molecule has 0 aliphatic carbocycles. The summed E-state index contributed by atoms with van der Waals surface area (Å²) in [5.74, 6) is 1.96. The molecule has 0 saturated carbocycles. The van der Waals surface area contributed by atoms with Crippen LogP contribution in [0.5, 0.6) is 0 Å². The molecule has 0 bridgehead atoms. The van der Waals surface area contributed by atoms with Crippen LogP contribution in [-0.4, -0.2) is 55.2 Å². The van der Waals surface area contributed by atoms with Gasteiger partial charge in [0.2, 0.25) is 0 Å². The molecule has 2 fully saturated rings. The van der Waals surface area contributed by atoms with Gasteiger partial charge in [0.25, 0.3) is 0 Å². The number of rotatable bonds is 5. The minimum absolute atomic E-state index is 0.192. The molecular weight excluding hydrogens is 393 g/mol. The lowest BCUT2D eigenvalue weighted by Gasteiger charge is -2.22. The van der Waals surface area contributed by atoms with E-state index in [1.165, 1.54) is 37.3 Å². The molecule has 2 aromatic heterocycles. The van der Waals surface area contributed by atoms with Gasteiger partial charge in [-0.1, -0.05) is 12.8 Å². The zero-order chi connectivity index (χ0) is 21.5. The van der Waals surface area contributed by atoms with E-state index in [1.54, 1.807) is 19.3 Å². The van der Waals surface area contributed by atoms with E-state index in [0.29, 0.717) is 18.9 Å². The van der Waals surface area contributed by atoms with Crippen LogP contribution in [0.1, 0.15) is 37.7 Å². The van der Waals surface area contributed by atoms with Gasteiger partial charge in [-0.05, 0) is 49.1 Å². The van der Waals surface area contributed by atoms with E-state index in [-0.39, 0.29) is 11.9 Å². The van der Waals surface area contributed by atoms with Crippen LogP contribution in [0.3, 0.4) is 0 Å². The number of nitrogens with one attached hydrogen (secondary N) is 2. The van der Waals surface area contributed by atoms with Gasteiger partial charge in [-0.15, -0.1) is 0 Å². The van der Waals surface area contributed by atoms with Crippen molar-refractivity contribution in [1.82, 2.24) is 20.6 Å². The molecule has 2 aromatic rings. The molecule has 0 aromatic carbocycles. The molecule has 2 aliphatic rings. The van der Waals surface area contributed by atoms with Crippen molar-refractivity contribution in [2.75, 3.05) is 43.0 Å². The summed E-state index contributed by atoms with van der Waals surface area (Å²) in [6.45, 7) is 4.31. The third-order valence-electron chi connectivity index (χ3n) is 5.99. The van der Waals surface area contributed by atoms with E-state index in [1.807, 2.05) is 17.2 Å². The standard InChI is InChI=1S/C23H32FN7/c1-25-23(29-19-9-14-31(17-19)22-20(24)7-6-10-27-22)28-16-18-8-11-26-21(15-18)30-12-4-2-3-5-13-30/h6-8,10-11,15,19H,2-5,9,12-14,16-17H2,1H3,(H2,25,28,29). The number of anilines is 2. The monoisotopic (exact) mass is 425 g/mol. The highest BCUT2D eigenvalue weighted by Crippen LogP contribution is 2.21. The Morgan fingerprint density at radius 1 is 1.10 bits per heavy atom. The molecule has 8 heteroatoms. The molecule has 0 amide bonds. The molecule has 0 spiro atoms. The first-order chi connectivity index (χ1) is 15.2. The summed E-state index contributed by atoms with van der Waals surface area (Å²) in [5, 5.41) is 6.87. The smallest absolute Gasteiger partial charge is 0.191 e. The maximum absolute atomic E-state index is 14.0. The number of hydrogen-bond acceptors (Lipinski definition) is 5. The largest absolute Gasteiger partial charge is 0.357 e. The number of halogens is 1. The van der Waals surface area contributed by atoms with Crippen LogP contribution in [0.2, 0.25) is 0 Å². The van der Waals surface area contributed by atoms with E-state index < -0.39 is 0 Å². The first-order valence-electron chi connectivity index (χ1n) is 11.3. The van der Waals surface area contributed by atoms with Crippen LogP contribution < -0.4 is 20.4 Å². The van der Waals surface area contributed by atoms with Crippen molar-refractivity contribution >= 4 is 17.6 Å². The van der Waals surface area contributed by atoms with Crippen molar-refractivity contribution in [3.63, 3.8) is 0 Å². The van der Waals surface area contributed by atoms with E-state index >= 15 is 0 Å². The van der Waals surface area contributed by atoms with Gasteiger partial charge in [-0.3, -0.25) is 4.99 Å². The Balaban J connectivity index is 1.30. The Morgan fingerprint density at radius 2 is 1.94 bits per heavy atom. The zero-order valence-electron chi connectivity index (χ0n) is 18.2. The fraction of sp³-hybridized carbons (Fsp3) is 0.522. The number of guanidine groups is 1. The number of aromatic nitrogens is 2. The fourth-order valence-electron chi connectivity index (χ4n) is 4.30. The maximum atomic E-state index is 14.0. The summed E-state index contributed by atoms with van der Waals surface area (Å²) >= 11 is 0. The molecule has 2 saturated heterocycles. The van der Waals surface area contributed by atoms with E-state index in [2.05, 4.69) is 36.6 Å². The van der Waals surface area contributed by atoms with E-state index in [4.69, 9.17) is 0 Å². The third-order valence-corrected chi connectivity index (χ3v) is 5.99. The van der Waals surface area contributed by atoms with Gasteiger partial charge in [0.1, 0.15) is 5.82 Å². The third kappa shape index (κ3) is 5.62. The number of pyridine rings is 2. The van der Waals surface area contributed by atoms with Crippen LogP contribution in [0, 0.1) is 5.82 Å². The van der Waals surface area contributed by atoms with Crippen molar-refractivity contribution in [2.24, 2.45) is 4.99 Å². The lowest BCUT2D eigenvalue weighted by atomic mass is 10.2. The Kier molecular flexibility index (Phi) is 7.17. The summed E-state index contributed by atoms with van der Waals surface area (Å²) in [5.41, 5.74) is 1.18. The summed E-state index contributed by atoms with van der Waals surface area (Å²) < 4.78 is 14.0. The predicted molar refractivity (Wildman–Crippen MR) is 123 cm³/mol. The number of hydrogen-bond donors (Lipinski definition) is 2. The molecule has 7 nitrogen and oxygen atoms in total. The van der Waals surface area contributed by atoms with Gasteiger partial charge >= 0.3 is 0 Å². The molecule has 1 unspecified atom stereocenters. The molecule has 31 heavy (non-hydrogen) atoms. The van der Waals surface area contributed by atoms with Gasteiger partial charge in [0.15, 0.2) is 17.6 Å². The molecule has 4 heterocycles. The Hall–Kier alpha value is -2.90. The van der Waals surface area contributed by atoms with Crippen LogP contribution >= 0.6 is 0 Å². The second kappa shape index (κ2) is 10.4. The quantitative estimate of drug-likeness (QED) is 0.567. The average molecular weight is 426 g/mol. The molecular formula is C23H32FN7. The minimum atomic E-state index is -0.274. The molecule has 166 valence electrons. The number of nitrogens with zero attached hydrogens (tertiary/aromatic N) is 5. The predicted octanol–water partition coefficient (Wildman–Crippen LogP) is 2.94. The molecule has 4 rings (SSSR count). The molecule has 2 aliphatic heterocycles. The fourth-order valence-corrected chi connectivity index (χ4v) is 4.30. The maximum Gasteiger partial charge on any atom is 0.191 e. The lowest BCUT2D eigenvalue weighted by Crippen LogP contribution is -2.44. The van der Waals surface area contributed by atoms with Crippen molar-refractivity contribution in [3.05, 3.63) is 48.0 Å². The van der Waals surface area contributed by atoms with Crippen LogP contribution in [0.4, 0.5) is 16.0 Å². The summed E-state index contributed by atoms with van der Waals surface area (Å²) in [6, 6.07) is 7.49. The van der Waals surface area contributed by atoms with Crippen LogP contribution in [0.15, 0.2) is 41.7 Å².